The van der Waals surface area contributed by atoms with Crippen LogP contribution in [-0.2, 0) is 32.6 Å². The van der Waals surface area contributed by atoms with E-state index in [9.17, 15) is 22.4 Å². The minimum atomic E-state index is -3.88. The lowest BCUT2D eigenvalue weighted by atomic mass is 10.0. The molecule has 3 aromatic carbocycles. The van der Waals surface area contributed by atoms with Gasteiger partial charge in [-0.3, -0.25) is 13.9 Å². The Morgan fingerprint density at radius 2 is 1.56 bits per heavy atom. The summed E-state index contributed by atoms with van der Waals surface area (Å²) in [5.74, 6) is -0.614. The predicted molar refractivity (Wildman–Crippen MR) is 159 cm³/mol. The number of rotatable bonds is 14. The first-order chi connectivity index (χ1) is 19.5. The van der Waals surface area contributed by atoms with Crippen molar-refractivity contribution in [2.24, 2.45) is 5.92 Å². The summed E-state index contributed by atoms with van der Waals surface area (Å²) in [6.07, 6.45) is 1.23. The Morgan fingerprint density at radius 3 is 2.12 bits per heavy atom. The van der Waals surface area contributed by atoms with E-state index in [1.807, 2.05) is 51.1 Å². The van der Waals surface area contributed by atoms with Crippen molar-refractivity contribution in [1.82, 2.24) is 10.2 Å². The predicted octanol–water partition coefficient (Wildman–Crippen LogP) is 4.40. The third-order valence-corrected chi connectivity index (χ3v) is 7.48. The number of amides is 2. The van der Waals surface area contributed by atoms with E-state index in [-0.39, 0.29) is 30.5 Å². The molecule has 0 unspecified atom stereocenters. The average molecular weight is 584 g/mol. The second-order valence-corrected chi connectivity index (χ2v) is 12.1. The summed E-state index contributed by atoms with van der Waals surface area (Å²) in [7, 11) is -3.88. The highest BCUT2D eigenvalue weighted by Gasteiger charge is 2.33. The summed E-state index contributed by atoms with van der Waals surface area (Å²) in [5.41, 5.74) is 1.72. The molecule has 3 aromatic rings. The number of nitrogens with zero attached hydrogens (tertiary/aromatic N) is 2. The standard InChI is InChI=1S/C31H38FN3O5S/c1-5-40-28-17-15-27(16-18-28)35(41(4,38)39)22-30(36)34(21-25-11-13-26(32)14-12-25)29(31(37)33-20-23(2)3)19-24-9-7-6-8-10-24/h6-18,23,29H,5,19-22H2,1-4H3,(H,33,37)/t29-/m1/s1. The summed E-state index contributed by atoms with van der Waals surface area (Å²) in [4.78, 5) is 29.0. The SMILES string of the molecule is CCOc1ccc(N(CC(=O)N(Cc2ccc(F)cc2)[C@H](Cc2ccccc2)C(=O)NCC(C)C)S(C)(=O)=O)cc1. The lowest BCUT2D eigenvalue weighted by molar-refractivity contribution is -0.140. The lowest BCUT2D eigenvalue weighted by Gasteiger charge is -2.33. The van der Waals surface area contributed by atoms with Gasteiger partial charge in [0, 0.05) is 19.5 Å². The van der Waals surface area contributed by atoms with Crippen LogP contribution < -0.4 is 14.4 Å². The Labute approximate surface area is 242 Å². The van der Waals surface area contributed by atoms with Crippen LogP contribution in [0.15, 0.2) is 78.9 Å². The van der Waals surface area contributed by atoms with Crippen molar-refractivity contribution in [2.45, 2.75) is 39.8 Å². The minimum Gasteiger partial charge on any atom is -0.494 e. The monoisotopic (exact) mass is 583 g/mol. The molecule has 2 amide bonds. The molecule has 0 bridgehead atoms. The molecule has 0 heterocycles. The molecule has 41 heavy (non-hydrogen) atoms. The van der Waals surface area contributed by atoms with Crippen LogP contribution in [0.1, 0.15) is 31.9 Å². The summed E-state index contributed by atoms with van der Waals surface area (Å²) in [6, 6.07) is 20.4. The van der Waals surface area contributed by atoms with Crippen LogP contribution in [0, 0.1) is 11.7 Å². The normalized spacial score (nSPS) is 12.0. The van der Waals surface area contributed by atoms with E-state index in [2.05, 4.69) is 5.32 Å². The summed E-state index contributed by atoms with van der Waals surface area (Å²) in [6.45, 7) is 6.08. The number of nitrogens with one attached hydrogen (secondary N) is 1. The van der Waals surface area contributed by atoms with Gasteiger partial charge in [-0.1, -0.05) is 56.3 Å². The molecule has 0 aliphatic rings. The molecule has 8 nitrogen and oxygen atoms in total. The van der Waals surface area contributed by atoms with Gasteiger partial charge >= 0.3 is 0 Å². The Bertz CT molecular complexity index is 1380. The largest absolute Gasteiger partial charge is 0.494 e. The van der Waals surface area contributed by atoms with Gasteiger partial charge in [-0.15, -0.1) is 0 Å². The second kappa shape index (κ2) is 14.6. The maximum Gasteiger partial charge on any atom is 0.244 e. The summed E-state index contributed by atoms with van der Waals surface area (Å²) in [5, 5.41) is 2.93. The van der Waals surface area contributed by atoms with Gasteiger partial charge in [0.25, 0.3) is 0 Å². The summed E-state index contributed by atoms with van der Waals surface area (Å²) >= 11 is 0. The average Bonchev–Trinajstić information content (AvgIpc) is 2.94. The number of halogens is 1. The molecule has 0 saturated heterocycles. The van der Waals surface area contributed by atoms with Gasteiger partial charge in [0.05, 0.1) is 18.6 Å². The summed E-state index contributed by atoms with van der Waals surface area (Å²) < 4.78 is 45.9. The Morgan fingerprint density at radius 1 is 0.927 bits per heavy atom. The van der Waals surface area contributed by atoms with Crippen molar-refractivity contribution in [3.05, 3.63) is 95.8 Å². The third kappa shape index (κ3) is 9.60. The van der Waals surface area contributed by atoms with Gasteiger partial charge in [0.2, 0.25) is 21.8 Å². The first-order valence-corrected chi connectivity index (χ1v) is 15.4. The van der Waals surface area contributed by atoms with Gasteiger partial charge < -0.3 is 15.0 Å². The van der Waals surface area contributed by atoms with E-state index >= 15 is 0 Å². The van der Waals surface area contributed by atoms with Crippen molar-refractivity contribution in [2.75, 3.05) is 30.3 Å². The van der Waals surface area contributed by atoms with Gasteiger partial charge in [0.1, 0.15) is 24.2 Å². The van der Waals surface area contributed by atoms with E-state index in [1.54, 1.807) is 36.4 Å². The Hall–Kier alpha value is -3.92. The van der Waals surface area contributed by atoms with Crippen LogP contribution in [0.2, 0.25) is 0 Å². The molecule has 0 saturated carbocycles. The molecule has 0 aliphatic carbocycles. The molecule has 0 fully saturated rings. The minimum absolute atomic E-state index is 0.0212. The Kier molecular flexibility index (Phi) is 11.3. The van der Waals surface area contributed by atoms with Crippen LogP contribution in [0.4, 0.5) is 10.1 Å². The first-order valence-electron chi connectivity index (χ1n) is 13.5. The first kappa shape index (κ1) is 31.6. The molecule has 10 heteroatoms. The zero-order valence-corrected chi connectivity index (χ0v) is 24.7. The van der Waals surface area contributed by atoms with Gasteiger partial charge in [0.15, 0.2) is 0 Å². The highest BCUT2D eigenvalue weighted by molar-refractivity contribution is 7.92. The maximum absolute atomic E-state index is 14.0. The molecule has 0 aliphatic heterocycles. The van der Waals surface area contributed by atoms with Crippen molar-refractivity contribution in [3.8, 4) is 5.75 Å². The Balaban J connectivity index is 2.02. The molecular formula is C31H38FN3O5S. The zero-order valence-electron chi connectivity index (χ0n) is 23.9. The fourth-order valence-corrected chi connectivity index (χ4v) is 5.10. The fourth-order valence-electron chi connectivity index (χ4n) is 4.25. The second-order valence-electron chi connectivity index (χ2n) is 10.2. The van der Waals surface area contributed by atoms with Crippen molar-refractivity contribution < 1.29 is 27.1 Å². The number of anilines is 1. The molecule has 3 rings (SSSR count). The topological polar surface area (TPSA) is 96.0 Å². The van der Waals surface area contributed by atoms with Crippen LogP contribution in [0.3, 0.4) is 0 Å². The molecule has 0 radical (unpaired) electrons. The van der Waals surface area contributed by atoms with E-state index in [1.165, 1.54) is 17.0 Å². The number of ether oxygens (including phenoxy) is 1. The number of hydrogen-bond acceptors (Lipinski definition) is 5. The molecular weight excluding hydrogens is 545 g/mol. The van der Waals surface area contributed by atoms with Gasteiger partial charge in [-0.05, 0) is 60.4 Å². The lowest BCUT2D eigenvalue weighted by Crippen LogP contribution is -2.53. The van der Waals surface area contributed by atoms with Gasteiger partial charge in [-0.2, -0.15) is 0 Å². The third-order valence-electron chi connectivity index (χ3n) is 6.34. The van der Waals surface area contributed by atoms with E-state index in [0.717, 1.165) is 16.1 Å². The smallest absolute Gasteiger partial charge is 0.244 e. The fraction of sp³-hybridized carbons (Fsp3) is 0.355. The van der Waals surface area contributed by atoms with Crippen molar-refractivity contribution in [1.29, 1.82) is 0 Å². The van der Waals surface area contributed by atoms with Gasteiger partial charge in [-0.25, -0.2) is 12.8 Å². The number of carbonyl (C=O) groups excluding carboxylic acids is 2. The zero-order chi connectivity index (χ0) is 30.0. The highest BCUT2D eigenvalue weighted by Crippen LogP contribution is 2.23. The molecule has 1 N–H and O–H groups in total. The van der Waals surface area contributed by atoms with E-state index in [4.69, 9.17) is 4.74 Å². The molecule has 0 spiro atoms. The van der Waals surface area contributed by atoms with E-state index in [0.29, 0.717) is 24.5 Å². The number of sulfonamides is 1. The number of carbonyl (C=O) groups is 2. The van der Waals surface area contributed by atoms with E-state index < -0.39 is 34.3 Å². The van der Waals surface area contributed by atoms with Crippen molar-refractivity contribution >= 4 is 27.5 Å². The van der Waals surface area contributed by atoms with Crippen LogP contribution in [0.5, 0.6) is 5.75 Å². The molecule has 1 atom stereocenters. The van der Waals surface area contributed by atoms with Crippen LogP contribution in [0.25, 0.3) is 0 Å². The highest BCUT2D eigenvalue weighted by atomic mass is 32.2. The van der Waals surface area contributed by atoms with Crippen molar-refractivity contribution in [3.63, 3.8) is 0 Å². The quantitative estimate of drug-likeness (QED) is 0.304. The maximum atomic E-state index is 14.0. The van der Waals surface area contributed by atoms with Crippen LogP contribution in [-0.4, -0.2) is 57.1 Å². The molecule has 220 valence electrons. The molecule has 0 aromatic heterocycles. The van der Waals surface area contributed by atoms with Crippen LogP contribution >= 0.6 is 0 Å². The number of hydrogen-bond donors (Lipinski definition) is 1. The number of benzene rings is 3.